The quantitative estimate of drug-likeness (QED) is 0.144. The van der Waals surface area contributed by atoms with Crippen molar-refractivity contribution in [3.8, 4) is 5.75 Å². The third-order valence-electron chi connectivity index (χ3n) is 6.13. The first-order valence-electron chi connectivity index (χ1n) is 14.0. The number of aromatic nitrogens is 2. The molecule has 41 heavy (non-hydrogen) atoms. The van der Waals surface area contributed by atoms with E-state index in [1.165, 1.54) is 51.3 Å². The minimum atomic E-state index is -0.685. The van der Waals surface area contributed by atoms with Gasteiger partial charge in [-0.3, -0.25) is 10.1 Å². The van der Waals surface area contributed by atoms with Crippen LogP contribution in [0, 0.1) is 0 Å². The average molecular weight is 563 g/mol. The highest BCUT2D eigenvalue weighted by Gasteiger charge is 2.17. The molecule has 0 fully saturated rings. The number of hydrogen-bond donors (Lipinski definition) is 2. The van der Waals surface area contributed by atoms with Gasteiger partial charge in [-0.05, 0) is 24.1 Å². The number of pyridine rings is 2. The number of esters is 1. The summed E-state index contributed by atoms with van der Waals surface area (Å²) >= 11 is 0. The number of amides is 2. The van der Waals surface area contributed by atoms with Crippen molar-refractivity contribution in [3.63, 3.8) is 0 Å². The van der Waals surface area contributed by atoms with Crippen LogP contribution < -0.4 is 15.4 Å². The van der Waals surface area contributed by atoms with Gasteiger partial charge in [-0.1, -0.05) is 88.3 Å². The standard InChI is InChI=1S/C31H38N4O6/c1-3-4-5-6-7-8-9-13-19-40-24-20-25(32-26(21-24)30(37)39-2)29(36)34-27-17-14-18-28(33-27)35-31(38)41-22-23-15-11-10-12-16-23/h10-12,14-18,20-21H,3-9,13,19,22H2,1-2H3,(H2,33,34,35,36,38). The number of rotatable bonds is 16. The topological polar surface area (TPSA) is 129 Å². The summed E-state index contributed by atoms with van der Waals surface area (Å²) in [5.41, 5.74) is 0.760. The summed E-state index contributed by atoms with van der Waals surface area (Å²) in [5.74, 6) is -0.592. The fraction of sp³-hybridized carbons (Fsp3) is 0.387. The van der Waals surface area contributed by atoms with Gasteiger partial charge >= 0.3 is 12.1 Å². The van der Waals surface area contributed by atoms with Crippen LogP contribution in [0.5, 0.6) is 5.75 Å². The van der Waals surface area contributed by atoms with E-state index in [4.69, 9.17) is 14.2 Å². The molecule has 10 heteroatoms. The SMILES string of the molecule is CCCCCCCCCCOc1cc(C(=O)Nc2cccc(NC(=O)OCc3ccccc3)n2)nc(C(=O)OC)c1. The maximum atomic E-state index is 13.0. The molecule has 0 aliphatic carbocycles. The zero-order chi connectivity index (χ0) is 29.3. The Kier molecular flexibility index (Phi) is 13.1. The van der Waals surface area contributed by atoms with Gasteiger partial charge in [-0.15, -0.1) is 0 Å². The van der Waals surface area contributed by atoms with Crippen LogP contribution in [0.2, 0.25) is 0 Å². The van der Waals surface area contributed by atoms with Gasteiger partial charge in [0.1, 0.15) is 29.7 Å². The number of ether oxygens (including phenoxy) is 3. The number of benzene rings is 1. The van der Waals surface area contributed by atoms with E-state index in [9.17, 15) is 14.4 Å². The van der Waals surface area contributed by atoms with Crippen LogP contribution in [0.15, 0.2) is 60.7 Å². The predicted octanol–water partition coefficient (Wildman–Crippen LogP) is 6.78. The van der Waals surface area contributed by atoms with Crippen molar-refractivity contribution in [1.29, 1.82) is 0 Å². The van der Waals surface area contributed by atoms with E-state index in [1.807, 2.05) is 30.3 Å². The molecule has 0 bridgehead atoms. The highest BCUT2D eigenvalue weighted by Crippen LogP contribution is 2.18. The molecule has 0 aliphatic rings. The zero-order valence-electron chi connectivity index (χ0n) is 23.7. The predicted molar refractivity (Wildman–Crippen MR) is 156 cm³/mol. The lowest BCUT2D eigenvalue weighted by Crippen LogP contribution is -2.18. The highest BCUT2D eigenvalue weighted by molar-refractivity contribution is 6.03. The molecular formula is C31H38N4O6. The third-order valence-corrected chi connectivity index (χ3v) is 6.13. The van der Waals surface area contributed by atoms with Crippen LogP contribution in [-0.4, -0.2) is 41.7 Å². The van der Waals surface area contributed by atoms with Gasteiger partial charge in [-0.25, -0.2) is 19.6 Å². The van der Waals surface area contributed by atoms with Crippen LogP contribution in [-0.2, 0) is 16.1 Å². The fourth-order valence-electron chi connectivity index (χ4n) is 3.96. The van der Waals surface area contributed by atoms with Crippen molar-refractivity contribution in [2.45, 2.75) is 64.9 Å². The Morgan fingerprint density at radius 3 is 2.12 bits per heavy atom. The molecule has 0 atom stereocenters. The zero-order valence-corrected chi connectivity index (χ0v) is 23.7. The van der Waals surface area contributed by atoms with Crippen molar-refractivity contribution in [2.75, 3.05) is 24.4 Å². The van der Waals surface area contributed by atoms with Gasteiger partial charge < -0.3 is 19.5 Å². The van der Waals surface area contributed by atoms with E-state index in [1.54, 1.807) is 18.2 Å². The van der Waals surface area contributed by atoms with Gasteiger partial charge in [-0.2, -0.15) is 0 Å². The van der Waals surface area contributed by atoms with E-state index in [-0.39, 0.29) is 29.6 Å². The first kappa shape index (κ1) is 31.1. The molecule has 2 aromatic heterocycles. The first-order valence-corrected chi connectivity index (χ1v) is 14.0. The molecule has 10 nitrogen and oxygen atoms in total. The largest absolute Gasteiger partial charge is 0.493 e. The number of nitrogens with zero attached hydrogens (tertiary/aromatic N) is 2. The van der Waals surface area contributed by atoms with Gasteiger partial charge in [0, 0.05) is 12.1 Å². The minimum Gasteiger partial charge on any atom is -0.493 e. The van der Waals surface area contributed by atoms with Crippen LogP contribution in [0.3, 0.4) is 0 Å². The normalized spacial score (nSPS) is 10.5. The van der Waals surface area contributed by atoms with Crippen LogP contribution in [0.25, 0.3) is 0 Å². The summed E-state index contributed by atoms with van der Waals surface area (Å²) < 4.78 is 15.8. The van der Waals surface area contributed by atoms with Gasteiger partial charge in [0.05, 0.1) is 13.7 Å². The van der Waals surface area contributed by atoms with Crippen molar-refractivity contribution in [3.05, 3.63) is 77.6 Å². The smallest absolute Gasteiger partial charge is 0.413 e. The van der Waals surface area contributed by atoms with Gasteiger partial charge in [0.25, 0.3) is 5.91 Å². The van der Waals surface area contributed by atoms with Crippen molar-refractivity contribution in [2.24, 2.45) is 0 Å². The Bertz CT molecular complexity index is 1270. The maximum Gasteiger partial charge on any atom is 0.413 e. The second kappa shape index (κ2) is 17.3. The average Bonchev–Trinajstić information content (AvgIpc) is 2.99. The molecule has 0 saturated carbocycles. The Morgan fingerprint density at radius 1 is 0.756 bits per heavy atom. The Morgan fingerprint density at radius 2 is 1.41 bits per heavy atom. The van der Waals surface area contributed by atoms with Crippen LogP contribution in [0.1, 0.15) is 84.8 Å². The lowest BCUT2D eigenvalue weighted by Gasteiger charge is -2.11. The molecule has 0 radical (unpaired) electrons. The van der Waals surface area contributed by atoms with Gasteiger partial charge in [0.2, 0.25) is 0 Å². The van der Waals surface area contributed by atoms with E-state index < -0.39 is 18.0 Å². The van der Waals surface area contributed by atoms with E-state index in [0.29, 0.717) is 12.4 Å². The summed E-state index contributed by atoms with van der Waals surface area (Å²) in [6, 6.07) is 16.9. The molecular weight excluding hydrogens is 524 g/mol. The van der Waals surface area contributed by atoms with Gasteiger partial charge in [0.15, 0.2) is 5.69 Å². The Balaban J connectivity index is 1.56. The number of carbonyl (C=O) groups excluding carboxylic acids is 3. The Labute approximate surface area is 240 Å². The lowest BCUT2D eigenvalue weighted by atomic mass is 10.1. The minimum absolute atomic E-state index is 0.0405. The number of unbranched alkanes of at least 4 members (excludes halogenated alkanes) is 7. The van der Waals surface area contributed by atoms with Crippen molar-refractivity contribution >= 4 is 29.6 Å². The highest BCUT2D eigenvalue weighted by atomic mass is 16.5. The molecule has 1 aromatic carbocycles. The molecule has 0 saturated heterocycles. The summed E-state index contributed by atoms with van der Waals surface area (Å²) in [4.78, 5) is 45.7. The van der Waals surface area contributed by atoms with Crippen molar-refractivity contribution in [1.82, 2.24) is 9.97 Å². The molecule has 0 spiro atoms. The monoisotopic (exact) mass is 562 g/mol. The fourth-order valence-corrected chi connectivity index (χ4v) is 3.96. The van der Waals surface area contributed by atoms with Crippen LogP contribution in [0.4, 0.5) is 16.4 Å². The molecule has 218 valence electrons. The number of anilines is 2. The number of hydrogen-bond acceptors (Lipinski definition) is 8. The summed E-state index contributed by atoms with van der Waals surface area (Å²) in [6.07, 6.45) is 8.64. The molecule has 2 heterocycles. The number of nitrogens with one attached hydrogen (secondary N) is 2. The van der Waals surface area contributed by atoms with E-state index in [2.05, 4.69) is 27.5 Å². The molecule has 2 N–H and O–H groups in total. The van der Waals surface area contributed by atoms with Crippen molar-refractivity contribution < 1.29 is 28.6 Å². The molecule has 2 amide bonds. The summed E-state index contributed by atoms with van der Waals surface area (Å²) in [7, 11) is 1.24. The molecule has 3 aromatic rings. The summed E-state index contributed by atoms with van der Waals surface area (Å²) in [5, 5.41) is 5.17. The van der Waals surface area contributed by atoms with E-state index >= 15 is 0 Å². The summed E-state index contributed by atoms with van der Waals surface area (Å²) in [6.45, 7) is 2.77. The molecule has 0 aliphatic heterocycles. The second-order valence-electron chi connectivity index (χ2n) is 9.44. The van der Waals surface area contributed by atoms with E-state index in [0.717, 1.165) is 24.8 Å². The number of carbonyl (C=O) groups is 3. The Hall–Kier alpha value is -4.47. The van der Waals surface area contributed by atoms with Crippen LogP contribution >= 0.6 is 0 Å². The first-order chi connectivity index (χ1) is 20.0. The second-order valence-corrected chi connectivity index (χ2v) is 9.44. The third kappa shape index (κ3) is 11.3. The molecule has 0 unspecified atom stereocenters. The number of methoxy groups -OCH3 is 1. The molecule has 3 rings (SSSR count). The lowest BCUT2D eigenvalue weighted by molar-refractivity contribution is 0.0593. The maximum absolute atomic E-state index is 13.0.